The number of fused-ring (bicyclic) bond motifs is 1. The van der Waals surface area contributed by atoms with Crippen molar-refractivity contribution in [1.82, 2.24) is 24.9 Å². The third-order valence-corrected chi connectivity index (χ3v) is 7.02. The minimum absolute atomic E-state index is 0.122. The zero-order valence-corrected chi connectivity index (χ0v) is 21.1. The van der Waals surface area contributed by atoms with Crippen LogP contribution in [-0.4, -0.2) is 58.0 Å². The Balaban J connectivity index is 1.49. The molecule has 2 aromatic heterocycles. The zero-order valence-electron chi connectivity index (χ0n) is 20.3. The van der Waals surface area contributed by atoms with Crippen LogP contribution in [0.5, 0.6) is 0 Å². The highest BCUT2D eigenvalue weighted by molar-refractivity contribution is 6.36. The van der Waals surface area contributed by atoms with Crippen molar-refractivity contribution in [2.75, 3.05) is 35.7 Å². The molecule has 2 atom stereocenters. The van der Waals surface area contributed by atoms with E-state index in [2.05, 4.69) is 55.0 Å². The summed E-state index contributed by atoms with van der Waals surface area (Å²) in [6.45, 7) is 3.23. The van der Waals surface area contributed by atoms with Crippen molar-refractivity contribution in [1.29, 1.82) is 10.5 Å². The first-order valence-electron chi connectivity index (χ1n) is 12.0. The van der Waals surface area contributed by atoms with Crippen LogP contribution in [0.15, 0.2) is 18.3 Å². The van der Waals surface area contributed by atoms with Crippen molar-refractivity contribution in [3.05, 3.63) is 34.6 Å². The lowest BCUT2D eigenvalue weighted by Gasteiger charge is -2.22. The number of alkyl carbamates (subject to hydrolysis) is 1. The van der Waals surface area contributed by atoms with Gasteiger partial charge in [-0.1, -0.05) is 18.5 Å². The van der Waals surface area contributed by atoms with Gasteiger partial charge in [-0.3, -0.25) is 0 Å². The van der Waals surface area contributed by atoms with Crippen LogP contribution in [-0.2, 0) is 4.74 Å². The lowest BCUT2D eigenvalue weighted by Crippen LogP contribution is -2.40. The standard InChI is InChI=1S/C24H25ClN10O2/c1-3-14-11-34(12-18(14)31-24(36)37-2)19-7-13(8-26)6-17(20(19)25)30-23-32-21(29-15-4-5-15)22-28-10-16(9-27)35(22)33-23/h6-7,10,14-15,18H,3-5,11-12H2,1-2H3,(H,31,36)(H2,29,30,32,33)/t14-,18+/m0/s1. The van der Waals surface area contributed by atoms with Crippen molar-refractivity contribution in [3.8, 4) is 12.1 Å². The highest BCUT2D eigenvalue weighted by Gasteiger charge is 2.34. The van der Waals surface area contributed by atoms with Crippen molar-refractivity contribution in [2.24, 2.45) is 5.92 Å². The summed E-state index contributed by atoms with van der Waals surface area (Å²) in [4.78, 5) is 22.8. The molecule has 0 unspecified atom stereocenters. The molecule has 3 heterocycles. The SMILES string of the molecule is CC[C@H]1CN(c2cc(C#N)cc(Nc3nc(NC4CC4)c4ncc(C#N)n4n3)c2Cl)C[C@H]1NC(=O)OC. The molecule has 0 bridgehead atoms. The number of ether oxygens (including phenoxy) is 1. The first-order chi connectivity index (χ1) is 17.9. The summed E-state index contributed by atoms with van der Waals surface area (Å²) in [5.74, 6) is 0.896. The normalized spacial score (nSPS) is 18.8. The molecule has 190 valence electrons. The van der Waals surface area contributed by atoms with Gasteiger partial charge in [-0.05, 0) is 37.3 Å². The summed E-state index contributed by atoms with van der Waals surface area (Å²) < 4.78 is 6.21. The van der Waals surface area contributed by atoms with Gasteiger partial charge in [-0.25, -0.2) is 9.78 Å². The number of imidazole rings is 1. The Morgan fingerprint density at radius 3 is 2.76 bits per heavy atom. The Labute approximate surface area is 218 Å². The lowest BCUT2D eigenvalue weighted by molar-refractivity contribution is 0.164. The third-order valence-electron chi connectivity index (χ3n) is 6.62. The molecule has 2 fully saturated rings. The second kappa shape index (κ2) is 9.99. The van der Waals surface area contributed by atoms with Crippen LogP contribution in [0, 0.1) is 28.6 Å². The average molecular weight is 521 g/mol. The lowest BCUT2D eigenvalue weighted by atomic mass is 10.0. The predicted molar refractivity (Wildman–Crippen MR) is 137 cm³/mol. The predicted octanol–water partition coefficient (Wildman–Crippen LogP) is 3.41. The van der Waals surface area contributed by atoms with Crippen LogP contribution < -0.4 is 20.9 Å². The van der Waals surface area contributed by atoms with E-state index in [0.717, 1.165) is 19.3 Å². The van der Waals surface area contributed by atoms with Crippen molar-refractivity contribution >= 4 is 46.5 Å². The molecule has 0 radical (unpaired) electrons. The van der Waals surface area contributed by atoms with Gasteiger partial charge in [0.15, 0.2) is 17.2 Å². The number of hydrogen-bond acceptors (Lipinski definition) is 10. The first-order valence-corrected chi connectivity index (χ1v) is 12.3. The number of methoxy groups -OCH3 is 1. The van der Waals surface area contributed by atoms with Gasteiger partial charge < -0.3 is 25.6 Å². The van der Waals surface area contributed by atoms with Gasteiger partial charge in [-0.2, -0.15) is 20.0 Å². The van der Waals surface area contributed by atoms with Crippen LogP contribution in [0.1, 0.15) is 37.4 Å². The van der Waals surface area contributed by atoms with Crippen LogP contribution in [0.3, 0.4) is 0 Å². The Kier molecular flexibility index (Phi) is 6.59. The fourth-order valence-electron chi connectivity index (χ4n) is 4.50. The first kappa shape index (κ1) is 24.4. The van der Waals surface area contributed by atoms with E-state index in [1.165, 1.54) is 17.8 Å². The van der Waals surface area contributed by atoms with E-state index < -0.39 is 6.09 Å². The molecule has 5 rings (SSSR count). The number of carbonyl (C=O) groups excluding carboxylic acids is 1. The summed E-state index contributed by atoms with van der Waals surface area (Å²) >= 11 is 6.86. The second-order valence-corrected chi connectivity index (χ2v) is 9.48. The fraction of sp³-hybridized carbons (Fsp3) is 0.417. The number of nitrogens with zero attached hydrogens (tertiary/aromatic N) is 7. The summed E-state index contributed by atoms with van der Waals surface area (Å²) in [6, 6.07) is 7.81. The van der Waals surface area contributed by atoms with Crippen molar-refractivity contribution in [2.45, 2.75) is 38.3 Å². The number of halogens is 1. The quantitative estimate of drug-likeness (QED) is 0.421. The number of amides is 1. The Bertz CT molecular complexity index is 1440. The number of anilines is 4. The summed E-state index contributed by atoms with van der Waals surface area (Å²) in [6.07, 6.45) is 3.88. The van der Waals surface area contributed by atoms with Gasteiger partial charge >= 0.3 is 6.09 Å². The number of nitrogens with one attached hydrogen (secondary N) is 3. The van der Waals surface area contributed by atoms with E-state index in [9.17, 15) is 15.3 Å². The van der Waals surface area contributed by atoms with E-state index in [4.69, 9.17) is 16.3 Å². The molecule has 37 heavy (non-hydrogen) atoms. The Morgan fingerprint density at radius 1 is 1.27 bits per heavy atom. The molecule has 1 saturated heterocycles. The van der Waals surface area contributed by atoms with Gasteiger partial charge in [0.1, 0.15) is 6.07 Å². The van der Waals surface area contributed by atoms with E-state index in [1.54, 1.807) is 12.1 Å². The fourth-order valence-corrected chi connectivity index (χ4v) is 4.78. The molecular weight excluding hydrogens is 496 g/mol. The maximum atomic E-state index is 11.8. The molecule has 1 amide bonds. The van der Waals surface area contributed by atoms with Crippen molar-refractivity contribution in [3.63, 3.8) is 0 Å². The number of carbonyl (C=O) groups is 1. The zero-order chi connectivity index (χ0) is 26.1. The molecule has 12 nitrogen and oxygen atoms in total. The monoisotopic (exact) mass is 520 g/mol. The number of nitriles is 2. The van der Waals surface area contributed by atoms with E-state index >= 15 is 0 Å². The maximum Gasteiger partial charge on any atom is 0.407 e. The second-order valence-electron chi connectivity index (χ2n) is 9.10. The van der Waals surface area contributed by atoms with Gasteiger partial charge in [0.05, 0.1) is 47.4 Å². The van der Waals surface area contributed by atoms with Gasteiger partial charge in [0, 0.05) is 19.1 Å². The maximum absolute atomic E-state index is 11.8. The number of aromatic nitrogens is 4. The molecule has 1 aliphatic carbocycles. The Morgan fingerprint density at radius 2 is 2.08 bits per heavy atom. The largest absolute Gasteiger partial charge is 0.453 e. The molecule has 3 N–H and O–H groups in total. The average Bonchev–Trinajstić information content (AvgIpc) is 3.47. The molecule has 1 saturated carbocycles. The van der Waals surface area contributed by atoms with Crippen LogP contribution in [0.4, 0.5) is 27.9 Å². The third kappa shape index (κ3) is 4.88. The van der Waals surface area contributed by atoms with Gasteiger partial charge in [0.2, 0.25) is 5.95 Å². The van der Waals surface area contributed by atoms with E-state index in [-0.39, 0.29) is 23.6 Å². The smallest absolute Gasteiger partial charge is 0.407 e. The molecule has 2 aliphatic rings. The minimum Gasteiger partial charge on any atom is -0.453 e. The number of hydrogen-bond donors (Lipinski definition) is 3. The highest BCUT2D eigenvalue weighted by Crippen LogP contribution is 2.38. The number of benzene rings is 1. The number of rotatable bonds is 7. The molecule has 3 aromatic rings. The minimum atomic E-state index is -0.482. The molecular formula is C24H25ClN10O2. The van der Waals surface area contributed by atoms with Crippen LogP contribution in [0.25, 0.3) is 5.65 Å². The summed E-state index contributed by atoms with van der Waals surface area (Å²) in [7, 11) is 1.34. The van der Waals surface area contributed by atoms with E-state index in [0.29, 0.717) is 52.6 Å². The summed E-state index contributed by atoms with van der Waals surface area (Å²) in [5, 5.41) is 33.4. The molecule has 1 aliphatic heterocycles. The van der Waals surface area contributed by atoms with Gasteiger partial charge in [-0.15, -0.1) is 5.10 Å². The van der Waals surface area contributed by atoms with Crippen LogP contribution in [0.2, 0.25) is 5.02 Å². The molecule has 13 heteroatoms. The van der Waals surface area contributed by atoms with Gasteiger partial charge in [0.25, 0.3) is 0 Å². The topological polar surface area (TPSA) is 156 Å². The molecule has 0 spiro atoms. The molecule has 1 aromatic carbocycles. The summed E-state index contributed by atoms with van der Waals surface area (Å²) in [5.41, 5.74) is 2.23. The Hall–Kier alpha value is -4.29. The van der Waals surface area contributed by atoms with Crippen LogP contribution >= 0.6 is 11.6 Å². The van der Waals surface area contributed by atoms with E-state index in [1.807, 2.05) is 0 Å². The van der Waals surface area contributed by atoms with Crippen molar-refractivity contribution < 1.29 is 9.53 Å². The highest BCUT2D eigenvalue weighted by atomic mass is 35.5.